The molecule has 1 heterocycles. The monoisotopic (exact) mass is 300 g/mol. The fourth-order valence-electron chi connectivity index (χ4n) is 1.78. The quantitative estimate of drug-likeness (QED) is 0.679. The first-order chi connectivity index (χ1) is 10.0. The van der Waals surface area contributed by atoms with E-state index < -0.39 is 24.3 Å². The van der Waals surface area contributed by atoms with Gasteiger partial charge in [-0.3, -0.25) is 4.79 Å². The summed E-state index contributed by atoms with van der Waals surface area (Å²) < 4.78 is 5.89. The van der Waals surface area contributed by atoms with Crippen molar-refractivity contribution in [2.45, 2.75) is 6.92 Å². The number of benzene rings is 1. The van der Waals surface area contributed by atoms with Gasteiger partial charge in [-0.15, -0.1) is 11.3 Å². The molecule has 0 aliphatic carbocycles. The number of rotatable bonds is 5. The molecular weight excluding hydrogens is 288 g/mol. The molecule has 5 nitrogen and oxygen atoms in total. The van der Waals surface area contributed by atoms with Gasteiger partial charge in [0.1, 0.15) is 10.8 Å². The zero-order valence-electron chi connectivity index (χ0n) is 11.3. The number of thiophene rings is 1. The third kappa shape index (κ3) is 3.33. The third-order valence-corrected chi connectivity index (χ3v) is 3.95. The Morgan fingerprint density at radius 2 is 2.14 bits per heavy atom. The van der Waals surface area contributed by atoms with Crippen molar-refractivity contribution in [3.05, 3.63) is 35.2 Å². The molecule has 0 saturated heterocycles. The summed E-state index contributed by atoms with van der Waals surface area (Å²) >= 11 is 1.28. The molecule has 106 valence electrons. The second-order valence-corrected chi connectivity index (χ2v) is 5.52. The highest BCUT2D eigenvalue weighted by atomic mass is 32.1. The number of ether oxygens (including phenoxy) is 1. The van der Waals surface area contributed by atoms with E-state index in [9.17, 15) is 9.59 Å². The molecule has 1 N–H and O–H groups in total. The average molecular weight is 300 g/mol. The maximum absolute atomic E-state index is 11.9. The average Bonchev–Trinajstić information content (AvgIpc) is 2.89. The van der Waals surface area contributed by atoms with Crippen LogP contribution < -0.4 is 0 Å². The van der Waals surface area contributed by atoms with E-state index in [1.165, 1.54) is 18.3 Å². The summed E-state index contributed by atoms with van der Waals surface area (Å²) in [6.45, 7) is 0.876. The fraction of sp³-hybridized carbons (Fsp3) is 0.200. The largest absolute Gasteiger partial charge is 0.453 e. The molecule has 1 unspecified atom stereocenters. The van der Waals surface area contributed by atoms with E-state index in [0.717, 1.165) is 10.1 Å². The number of hydrogen-bond acceptors (Lipinski definition) is 6. The molecule has 1 aromatic carbocycles. The van der Waals surface area contributed by atoms with Crippen LogP contribution in [0.25, 0.3) is 10.1 Å². The lowest BCUT2D eigenvalue weighted by molar-refractivity contribution is -0.122. The number of fused-ring (bicyclic) bond motifs is 1. The number of hydrogen-bond donors (Lipinski definition) is 1. The van der Waals surface area contributed by atoms with E-state index in [0.29, 0.717) is 4.88 Å². The van der Waals surface area contributed by atoms with Crippen molar-refractivity contribution in [1.82, 2.24) is 0 Å². The van der Waals surface area contributed by atoms with Gasteiger partial charge in [-0.25, -0.2) is 4.79 Å². The number of nitriles is 1. The van der Waals surface area contributed by atoms with Crippen LogP contribution >= 0.6 is 11.3 Å². The summed E-state index contributed by atoms with van der Waals surface area (Å²) in [7, 11) is 0. The summed E-state index contributed by atoms with van der Waals surface area (Å²) in [6.07, 6.45) is 0. The van der Waals surface area contributed by atoms with Crippen molar-refractivity contribution < 1.29 is 14.3 Å². The molecule has 21 heavy (non-hydrogen) atoms. The highest BCUT2D eigenvalue weighted by molar-refractivity contribution is 7.20. The van der Waals surface area contributed by atoms with E-state index in [1.54, 1.807) is 12.1 Å². The molecule has 0 bridgehead atoms. The van der Waals surface area contributed by atoms with Crippen LogP contribution in [0.2, 0.25) is 0 Å². The second kappa shape index (κ2) is 6.29. The Morgan fingerprint density at radius 3 is 2.76 bits per heavy atom. The van der Waals surface area contributed by atoms with Gasteiger partial charge < -0.3 is 10.1 Å². The first kappa shape index (κ1) is 14.9. The fourth-order valence-corrected chi connectivity index (χ4v) is 2.74. The highest BCUT2D eigenvalue weighted by Crippen LogP contribution is 2.25. The van der Waals surface area contributed by atoms with Gasteiger partial charge in [0.05, 0.1) is 6.07 Å². The van der Waals surface area contributed by atoms with E-state index in [2.05, 4.69) is 0 Å². The molecule has 1 atom stereocenters. The molecule has 0 saturated carbocycles. The maximum Gasteiger partial charge on any atom is 0.348 e. The molecular formula is C15H12N2O3S. The lowest BCUT2D eigenvalue weighted by Gasteiger charge is -2.06. The van der Waals surface area contributed by atoms with E-state index in [-0.39, 0.29) is 5.71 Å². The van der Waals surface area contributed by atoms with Crippen LogP contribution in [0.5, 0.6) is 0 Å². The summed E-state index contributed by atoms with van der Waals surface area (Å²) in [5, 5.41) is 17.1. The van der Waals surface area contributed by atoms with Gasteiger partial charge in [-0.05, 0) is 24.4 Å². The van der Waals surface area contributed by atoms with Crippen molar-refractivity contribution in [1.29, 1.82) is 10.7 Å². The van der Waals surface area contributed by atoms with E-state index >= 15 is 0 Å². The minimum atomic E-state index is -1.15. The number of ketones is 1. The lowest BCUT2D eigenvalue weighted by atomic mass is 10.0. The molecule has 0 aliphatic rings. The molecule has 2 rings (SSSR count). The smallest absolute Gasteiger partial charge is 0.348 e. The van der Waals surface area contributed by atoms with Crippen LogP contribution in [0.3, 0.4) is 0 Å². The summed E-state index contributed by atoms with van der Waals surface area (Å²) in [5.74, 6) is -2.33. The Balaban J connectivity index is 2.03. The van der Waals surface area contributed by atoms with Crippen LogP contribution in [0.4, 0.5) is 0 Å². The number of esters is 1. The Morgan fingerprint density at radius 1 is 1.43 bits per heavy atom. The Labute approximate surface area is 125 Å². The van der Waals surface area contributed by atoms with Crippen LogP contribution in [0.15, 0.2) is 30.3 Å². The lowest BCUT2D eigenvalue weighted by Crippen LogP contribution is -2.25. The number of carbonyl (C=O) groups excluding carboxylic acids is 2. The Hall–Kier alpha value is -2.52. The minimum absolute atomic E-state index is 0.0552. The molecule has 0 fully saturated rings. The van der Waals surface area contributed by atoms with E-state index in [1.807, 2.05) is 24.3 Å². The summed E-state index contributed by atoms with van der Waals surface area (Å²) in [5.41, 5.74) is -0.0552. The van der Waals surface area contributed by atoms with Crippen molar-refractivity contribution in [2.75, 3.05) is 6.61 Å². The number of Topliss-reactive ketones (excluding diaryl/α,β-unsaturated/α-hetero) is 1. The van der Waals surface area contributed by atoms with Crippen LogP contribution in [0, 0.1) is 22.7 Å². The van der Waals surface area contributed by atoms with Crippen LogP contribution in [-0.2, 0) is 9.53 Å². The molecule has 1 aromatic heterocycles. The summed E-state index contributed by atoms with van der Waals surface area (Å²) in [6, 6.07) is 11.0. The van der Waals surface area contributed by atoms with Gasteiger partial charge in [0.2, 0.25) is 0 Å². The predicted octanol–water partition coefficient (Wildman–Crippen LogP) is 2.81. The van der Waals surface area contributed by atoms with E-state index in [4.69, 9.17) is 15.4 Å². The van der Waals surface area contributed by atoms with Gasteiger partial charge in [-0.1, -0.05) is 18.2 Å². The third-order valence-electron chi connectivity index (χ3n) is 2.86. The molecule has 0 radical (unpaired) electrons. The van der Waals surface area contributed by atoms with Crippen LogP contribution in [0.1, 0.15) is 16.6 Å². The van der Waals surface area contributed by atoms with Gasteiger partial charge in [0, 0.05) is 10.4 Å². The first-order valence-corrected chi connectivity index (χ1v) is 6.97. The number of nitrogens with one attached hydrogen (secondary N) is 1. The standard InChI is InChI=1S/C15H12N2O3S/c1-9(17)11(7-16)12(18)8-20-15(19)14-6-10-4-2-3-5-13(10)21-14/h2-6,11,17H,8H2,1H3. The van der Waals surface area contributed by atoms with Crippen molar-refractivity contribution in [2.24, 2.45) is 5.92 Å². The Bertz CT molecular complexity index is 725. The Kier molecular flexibility index (Phi) is 4.45. The predicted molar refractivity (Wildman–Crippen MR) is 79.6 cm³/mol. The van der Waals surface area contributed by atoms with Crippen LogP contribution in [-0.4, -0.2) is 24.1 Å². The molecule has 0 amide bonds. The van der Waals surface area contributed by atoms with Gasteiger partial charge in [-0.2, -0.15) is 5.26 Å². The molecule has 6 heteroatoms. The normalized spacial score (nSPS) is 11.6. The zero-order chi connectivity index (χ0) is 15.4. The highest BCUT2D eigenvalue weighted by Gasteiger charge is 2.22. The maximum atomic E-state index is 11.9. The molecule has 0 spiro atoms. The SMILES string of the molecule is CC(=N)C(C#N)C(=O)COC(=O)c1cc2ccccc2s1. The van der Waals surface area contributed by atoms with Gasteiger partial charge in [0.15, 0.2) is 12.4 Å². The van der Waals surface area contributed by atoms with Gasteiger partial charge >= 0.3 is 5.97 Å². The molecule has 2 aromatic rings. The number of carbonyl (C=O) groups is 2. The second-order valence-electron chi connectivity index (χ2n) is 4.44. The zero-order valence-corrected chi connectivity index (χ0v) is 12.1. The van der Waals surface area contributed by atoms with Crippen molar-refractivity contribution in [3.8, 4) is 6.07 Å². The van der Waals surface area contributed by atoms with Gasteiger partial charge in [0.25, 0.3) is 0 Å². The van der Waals surface area contributed by atoms with Crippen molar-refractivity contribution in [3.63, 3.8) is 0 Å². The number of nitrogens with zero attached hydrogens (tertiary/aromatic N) is 1. The van der Waals surface area contributed by atoms with Crippen molar-refractivity contribution >= 4 is 38.9 Å². The first-order valence-electron chi connectivity index (χ1n) is 6.16. The summed E-state index contributed by atoms with van der Waals surface area (Å²) in [4.78, 5) is 24.0. The minimum Gasteiger partial charge on any atom is -0.453 e. The molecule has 0 aliphatic heterocycles. The topological polar surface area (TPSA) is 91.0 Å².